The molecule has 1 saturated carbocycles. The van der Waals surface area contributed by atoms with Crippen LogP contribution in [0.1, 0.15) is 42.6 Å². The molecule has 1 aliphatic rings. The first-order chi connectivity index (χ1) is 13.8. The van der Waals surface area contributed by atoms with Crippen LogP contribution in [0.4, 0.5) is 16.0 Å². The molecule has 1 aliphatic carbocycles. The zero-order chi connectivity index (χ0) is 20.6. The van der Waals surface area contributed by atoms with Crippen molar-refractivity contribution in [3.8, 4) is 5.69 Å². The Balaban J connectivity index is 1.59. The molecule has 7 nitrogen and oxygen atoms in total. The Bertz CT molecular complexity index is 1030. The van der Waals surface area contributed by atoms with Gasteiger partial charge in [0.2, 0.25) is 5.95 Å². The molecule has 1 aromatic carbocycles. The molecule has 3 aromatic rings. The second-order valence-corrected chi connectivity index (χ2v) is 7.74. The Morgan fingerprint density at radius 1 is 1.17 bits per heavy atom. The summed E-state index contributed by atoms with van der Waals surface area (Å²) in [6.45, 7) is 3.56. The van der Waals surface area contributed by atoms with Crippen molar-refractivity contribution in [2.75, 3.05) is 5.32 Å². The number of aliphatic hydroxyl groups excluding tert-OH is 1. The predicted molar refractivity (Wildman–Crippen MR) is 107 cm³/mol. The highest BCUT2D eigenvalue weighted by molar-refractivity contribution is 5.59. The lowest BCUT2D eigenvalue weighted by molar-refractivity contribution is -0.0389. The molecule has 29 heavy (non-hydrogen) atoms. The zero-order valence-electron chi connectivity index (χ0n) is 16.4. The lowest BCUT2D eigenvalue weighted by Gasteiger charge is -2.32. The quantitative estimate of drug-likeness (QED) is 0.625. The van der Waals surface area contributed by atoms with Gasteiger partial charge < -0.3 is 20.1 Å². The third kappa shape index (κ3) is 4.13. The molecule has 3 N–H and O–H groups in total. The van der Waals surface area contributed by atoms with Crippen LogP contribution in [0.15, 0.2) is 36.9 Å². The number of imidazole rings is 1. The van der Waals surface area contributed by atoms with Gasteiger partial charge in [-0.05, 0) is 63.3 Å². The van der Waals surface area contributed by atoms with E-state index in [-0.39, 0.29) is 11.8 Å². The molecule has 8 heteroatoms. The van der Waals surface area contributed by atoms with Gasteiger partial charge in [-0.1, -0.05) is 0 Å². The van der Waals surface area contributed by atoms with Crippen LogP contribution in [0.2, 0.25) is 0 Å². The third-order valence-electron chi connectivity index (χ3n) is 5.38. The zero-order valence-corrected chi connectivity index (χ0v) is 16.4. The molecule has 0 aliphatic heterocycles. The number of benzene rings is 1. The van der Waals surface area contributed by atoms with Crippen molar-refractivity contribution in [2.24, 2.45) is 0 Å². The van der Waals surface area contributed by atoms with E-state index in [1.54, 1.807) is 13.3 Å². The SMILES string of the molecule is Cc1cc(Nc2ncc(F)c(C)n2)cc(-n2cnc([C@]3(O)CC[C@@H](O)CC3)c2)c1. The van der Waals surface area contributed by atoms with Gasteiger partial charge in [-0.15, -0.1) is 0 Å². The minimum atomic E-state index is -1.01. The maximum atomic E-state index is 13.4. The minimum Gasteiger partial charge on any atom is -0.393 e. The summed E-state index contributed by atoms with van der Waals surface area (Å²) in [5, 5.41) is 23.7. The van der Waals surface area contributed by atoms with Crippen LogP contribution in [-0.4, -0.2) is 35.8 Å². The van der Waals surface area contributed by atoms with Gasteiger partial charge in [-0.3, -0.25) is 0 Å². The fourth-order valence-corrected chi connectivity index (χ4v) is 3.67. The van der Waals surface area contributed by atoms with Gasteiger partial charge in [0.1, 0.15) is 5.60 Å². The van der Waals surface area contributed by atoms with Crippen LogP contribution in [0.5, 0.6) is 0 Å². The molecule has 1 fully saturated rings. The molecular weight excluding hydrogens is 373 g/mol. The standard InChI is InChI=1S/C21H24FN5O2/c1-13-7-15(26-20-23-10-18(22)14(2)25-20)9-16(8-13)27-11-19(24-12-27)21(29)5-3-17(28)4-6-21/h7-12,17,28-29H,3-6H2,1-2H3,(H,23,25,26)/t17-,21+. The molecule has 0 radical (unpaired) electrons. The maximum absolute atomic E-state index is 13.4. The van der Waals surface area contributed by atoms with Crippen molar-refractivity contribution in [1.29, 1.82) is 0 Å². The summed E-state index contributed by atoms with van der Waals surface area (Å²) in [4.78, 5) is 12.5. The number of hydrogen-bond donors (Lipinski definition) is 3. The van der Waals surface area contributed by atoms with Crippen molar-refractivity contribution in [2.45, 2.75) is 51.2 Å². The smallest absolute Gasteiger partial charge is 0.227 e. The van der Waals surface area contributed by atoms with Gasteiger partial charge in [-0.2, -0.15) is 0 Å². The van der Waals surface area contributed by atoms with E-state index in [2.05, 4.69) is 20.3 Å². The van der Waals surface area contributed by atoms with Crippen LogP contribution < -0.4 is 5.32 Å². The highest BCUT2D eigenvalue weighted by Gasteiger charge is 2.36. The molecule has 0 amide bonds. The number of aryl methyl sites for hydroxylation is 2. The second-order valence-electron chi connectivity index (χ2n) is 7.74. The molecule has 0 bridgehead atoms. The number of aliphatic hydroxyl groups is 2. The third-order valence-corrected chi connectivity index (χ3v) is 5.38. The Morgan fingerprint density at radius 3 is 2.66 bits per heavy atom. The Labute approximate surface area is 168 Å². The first-order valence-corrected chi connectivity index (χ1v) is 9.65. The maximum Gasteiger partial charge on any atom is 0.227 e. The van der Waals surface area contributed by atoms with Gasteiger partial charge in [0, 0.05) is 17.6 Å². The van der Waals surface area contributed by atoms with Gasteiger partial charge in [0.15, 0.2) is 5.82 Å². The van der Waals surface area contributed by atoms with Crippen molar-refractivity contribution in [1.82, 2.24) is 19.5 Å². The second kappa shape index (κ2) is 7.53. The van der Waals surface area contributed by atoms with Crippen molar-refractivity contribution < 1.29 is 14.6 Å². The molecule has 0 unspecified atom stereocenters. The summed E-state index contributed by atoms with van der Waals surface area (Å²) in [7, 11) is 0. The lowest BCUT2D eigenvalue weighted by Crippen LogP contribution is -2.33. The molecule has 2 heterocycles. The highest BCUT2D eigenvalue weighted by atomic mass is 19.1. The van der Waals surface area contributed by atoms with E-state index in [0.717, 1.165) is 23.1 Å². The van der Waals surface area contributed by atoms with Crippen molar-refractivity contribution in [3.05, 3.63) is 59.7 Å². The van der Waals surface area contributed by atoms with Crippen LogP contribution in [0.3, 0.4) is 0 Å². The molecule has 0 atom stereocenters. The van der Waals surface area contributed by atoms with E-state index in [1.165, 1.54) is 0 Å². The fourth-order valence-electron chi connectivity index (χ4n) is 3.67. The molecule has 152 valence electrons. The first-order valence-electron chi connectivity index (χ1n) is 9.65. The van der Waals surface area contributed by atoms with E-state index in [4.69, 9.17) is 0 Å². The van der Waals surface area contributed by atoms with Crippen molar-refractivity contribution in [3.63, 3.8) is 0 Å². The minimum absolute atomic E-state index is 0.278. The summed E-state index contributed by atoms with van der Waals surface area (Å²) in [6.07, 6.45) is 6.42. The first kappa shape index (κ1) is 19.5. The van der Waals surface area contributed by atoms with E-state index >= 15 is 0 Å². The number of hydrogen-bond acceptors (Lipinski definition) is 6. The average Bonchev–Trinajstić information content (AvgIpc) is 3.18. The van der Waals surface area contributed by atoms with E-state index < -0.39 is 11.4 Å². The van der Waals surface area contributed by atoms with Crippen LogP contribution in [-0.2, 0) is 5.60 Å². The van der Waals surface area contributed by atoms with Gasteiger partial charge in [0.05, 0.1) is 30.0 Å². The molecule has 4 rings (SSSR count). The Hall–Kier alpha value is -2.84. The summed E-state index contributed by atoms with van der Waals surface area (Å²) in [6, 6.07) is 5.86. The highest BCUT2D eigenvalue weighted by Crippen LogP contribution is 2.36. The number of nitrogens with zero attached hydrogens (tertiary/aromatic N) is 4. The fraction of sp³-hybridized carbons (Fsp3) is 0.381. The summed E-state index contributed by atoms with van der Waals surface area (Å²) < 4.78 is 15.3. The molecular formula is C21H24FN5O2. The Kier molecular flexibility index (Phi) is 5.06. The molecule has 0 spiro atoms. The summed E-state index contributed by atoms with van der Waals surface area (Å²) >= 11 is 0. The Morgan fingerprint density at radius 2 is 1.93 bits per heavy atom. The van der Waals surface area contributed by atoms with Crippen molar-refractivity contribution >= 4 is 11.6 Å². The van der Waals surface area contributed by atoms with E-state index in [9.17, 15) is 14.6 Å². The lowest BCUT2D eigenvalue weighted by atomic mass is 9.81. The van der Waals surface area contributed by atoms with E-state index in [1.807, 2.05) is 35.9 Å². The number of anilines is 2. The molecule has 0 saturated heterocycles. The average molecular weight is 397 g/mol. The van der Waals surface area contributed by atoms with Crippen LogP contribution >= 0.6 is 0 Å². The summed E-state index contributed by atoms with van der Waals surface area (Å²) in [5.41, 5.74) is 2.52. The van der Waals surface area contributed by atoms with E-state index in [0.29, 0.717) is 37.3 Å². The molecule has 2 aromatic heterocycles. The normalized spacial score (nSPS) is 21.9. The van der Waals surface area contributed by atoms with Crippen LogP contribution in [0.25, 0.3) is 5.69 Å². The monoisotopic (exact) mass is 397 g/mol. The predicted octanol–water partition coefficient (Wildman–Crippen LogP) is 3.28. The van der Waals surface area contributed by atoms with Gasteiger partial charge >= 0.3 is 0 Å². The van der Waals surface area contributed by atoms with Crippen LogP contribution in [0, 0.1) is 19.7 Å². The number of halogens is 1. The summed E-state index contributed by atoms with van der Waals surface area (Å²) in [5.74, 6) is -0.124. The number of aromatic nitrogens is 4. The van der Waals surface area contributed by atoms with Gasteiger partial charge in [0.25, 0.3) is 0 Å². The van der Waals surface area contributed by atoms with Gasteiger partial charge in [-0.25, -0.2) is 19.3 Å². The number of rotatable bonds is 4. The number of nitrogens with one attached hydrogen (secondary N) is 1. The largest absolute Gasteiger partial charge is 0.393 e. The topological polar surface area (TPSA) is 96.1 Å².